The average Bonchev–Trinajstić information content (AvgIpc) is 2.74. The Morgan fingerprint density at radius 3 is 2.67 bits per heavy atom. The third-order valence-electron chi connectivity index (χ3n) is 7.65. The van der Waals surface area contributed by atoms with Crippen LogP contribution in [-0.2, 0) is 9.59 Å². The maximum Gasteiger partial charge on any atom is 0.178 e. The third-order valence-corrected chi connectivity index (χ3v) is 7.65. The van der Waals surface area contributed by atoms with Gasteiger partial charge in [-0.3, -0.25) is 9.59 Å². The third kappa shape index (κ3) is 1.66. The Morgan fingerprint density at radius 1 is 1.25 bits per heavy atom. The molecule has 130 valence electrons. The molecule has 0 saturated heterocycles. The first-order chi connectivity index (χ1) is 11.1. The second-order valence-corrected chi connectivity index (χ2v) is 8.77. The van der Waals surface area contributed by atoms with Gasteiger partial charge in [0.25, 0.3) is 0 Å². The normalized spacial score (nSPS) is 53.3. The lowest BCUT2D eigenvalue weighted by Crippen LogP contribution is -2.66. The van der Waals surface area contributed by atoms with Gasteiger partial charge in [-0.05, 0) is 50.7 Å². The largest absolute Gasteiger partial charge is 0.390 e. The lowest BCUT2D eigenvalue weighted by molar-refractivity contribution is -0.190. The van der Waals surface area contributed by atoms with E-state index in [9.17, 15) is 14.7 Å². The summed E-state index contributed by atoms with van der Waals surface area (Å²) in [6.07, 6.45) is 5.57. The molecule has 7 atom stereocenters. The van der Waals surface area contributed by atoms with Gasteiger partial charge in [-0.1, -0.05) is 25.5 Å². The summed E-state index contributed by atoms with van der Waals surface area (Å²) in [6, 6.07) is 0. The second kappa shape index (κ2) is 4.66. The number of aliphatic hydroxyl groups excluding tert-OH is 1. The van der Waals surface area contributed by atoms with Gasteiger partial charge in [0.1, 0.15) is 5.78 Å². The van der Waals surface area contributed by atoms with E-state index in [0.29, 0.717) is 19.3 Å². The number of hydrogen-bond acceptors (Lipinski definition) is 3. The molecule has 0 radical (unpaired) electrons. The van der Waals surface area contributed by atoms with Crippen LogP contribution in [0.25, 0.3) is 0 Å². The highest BCUT2D eigenvalue weighted by atomic mass is 19.1. The SMILES string of the molecule is C[C@H]1C[C@@H]2[C@@H]3CCC4=CC(=O)C=C[C@]4(C)[C@@]3(F)[C@@H](O)C[C@]2(C)C1=O. The van der Waals surface area contributed by atoms with Gasteiger partial charge in [0, 0.05) is 22.7 Å². The molecule has 3 saturated carbocycles. The number of hydrogen-bond donors (Lipinski definition) is 1. The summed E-state index contributed by atoms with van der Waals surface area (Å²) in [6.45, 7) is 5.65. The van der Waals surface area contributed by atoms with E-state index in [1.807, 2.05) is 13.8 Å². The first-order valence-corrected chi connectivity index (χ1v) is 9.00. The number of rotatable bonds is 0. The number of carbonyl (C=O) groups is 2. The minimum absolute atomic E-state index is 0.0298. The Hall–Kier alpha value is -1.29. The fourth-order valence-corrected chi connectivity index (χ4v) is 6.33. The van der Waals surface area contributed by atoms with Crippen LogP contribution in [0.15, 0.2) is 23.8 Å². The lowest BCUT2D eigenvalue weighted by Gasteiger charge is -2.60. The highest BCUT2D eigenvalue weighted by Crippen LogP contribution is 2.67. The van der Waals surface area contributed by atoms with Crippen molar-refractivity contribution >= 4 is 11.6 Å². The van der Waals surface area contributed by atoms with Crippen LogP contribution in [0.1, 0.15) is 46.5 Å². The number of ketones is 2. The molecule has 4 heteroatoms. The Bertz CT molecular complexity index is 695. The van der Waals surface area contributed by atoms with E-state index in [1.165, 1.54) is 6.08 Å². The zero-order valence-corrected chi connectivity index (χ0v) is 14.5. The highest BCUT2D eigenvalue weighted by molar-refractivity contribution is 6.01. The summed E-state index contributed by atoms with van der Waals surface area (Å²) in [5.74, 6) is -0.375. The second-order valence-electron chi connectivity index (χ2n) is 8.77. The molecule has 0 spiro atoms. The molecule has 1 N–H and O–H groups in total. The van der Waals surface area contributed by atoms with Gasteiger partial charge in [0.2, 0.25) is 0 Å². The van der Waals surface area contributed by atoms with Crippen LogP contribution in [0.2, 0.25) is 0 Å². The van der Waals surface area contributed by atoms with Crippen molar-refractivity contribution in [1.29, 1.82) is 0 Å². The molecule has 0 aromatic heterocycles. The number of carbonyl (C=O) groups excluding carboxylic acids is 2. The standard InChI is InChI=1S/C20H25FO3/c1-11-8-15-14-5-4-12-9-13(22)6-7-19(12,3)20(14,21)16(23)10-18(15,2)17(11)24/h6-7,9,11,14-16,23H,4-5,8,10H2,1-3H3/t11-,14-,15+,16-,18-,19-,20-/m0/s1. The summed E-state index contributed by atoms with van der Waals surface area (Å²) in [5, 5.41) is 10.9. The quantitative estimate of drug-likeness (QED) is 0.741. The number of aliphatic hydroxyl groups is 1. The Kier molecular flexibility index (Phi) is 3.14. The molecular weight excluding hydrogens is 307 g/mol. The molecule has 3 fully saturated rings. The zero-order valence-electron chi connectivity index (χ0n) is 14.5. The van der Waals surface area contributed by atoms with Crippen molar-refractivity contribution in [2.75, 3.05) is 0 Å². The molecule has 0 aromatic rings. The molecule has 0 amide bonds. The molecule has 4 rings (SSSR count). The molecule has 0 aliphatic heterocycles. The molecule has 4 aliphatic rings. The summed E-state index contributed by atoms with van der Waals surface area (Å²) in [7, 11) is 0. The maximum absolute atomic E-state index is 16.6. The van der Waals surface area contributed by atoms with E-state index >= 15 is 4.39 Å². The van der Waals surface area contributed by atoms with Gasteiger partial charge < -0.3 is 5.11 Å². The summed E-state index contributed by atoms with van der Waals surface area (Å²) in [5.41, 5.74) is -2.61. The predicted octanol–water partition coefficient (Wildman–Crippen LogP) is 3.17. The van der Waals surface area contributed by atoms with E-state index in [1.54, 1.807) is 19.1 Å². The number of halogens is 1. The van der Waals surface area contributed by atoms with Crippen molar-refractivity contribution in [3.05, 3.63) is 23.8 Å². The van der Waals surface area contributed by atoms with Gasteiger partial charge in [-0.15, -0.1) is 0 Å². The molecule has 0 bridgehead atoms. The Morgan fingerprint density at radius 2 is 1.96 bits per heavy atom. The Balaban J connectivity index is 1.84. The van der Waals surface area contributed by atoms with Crippen molar-refractivity contribution in [2.45, 2.75) is 58.2 Å². The Labute approximate surface area is 142 Å². The zero-order chi connectivity index (χ0) is 17.5. The van der Waals surface area contributed by atoms with Crippen LogP contribution >= 0.6 is 0 Å². The van der Waals surface area contributed by atoms with Gasteiger partial charge in [-0.2, -0.15) is 0 Å². The van der Waals surface area contributed by atoms with Crippen LogP contribution in [0, 0.1) is 28.6 Å². The molecule has 0 unspecified atom stereocenters. The van der Waals surface area contributed by atoms with Gasteiger partial charge in [0.05, 0.1) is 6.10 Å². The number of Topliss-reactive ketones (excluding diaryl/α,β-unsaturated/α-hetero) is 1. The van der Waals surface area contributed by atoms with Crippen LogP contribution in [0.5, 0.6) is 0 Å². The minimum atomic E-state index is -1.82. The minimum Gasteiger partial charge on any atom is -0.390 e. The van der Waals surface area contributed by atoms with E-state index in [2.05, 4.69) is 0 Å². The number of allylic oxidation sites excluding steroid dienone is 4. The molecule has 0 aromatic carbocycles. The summed E-state index contributed by atoms with van der Waals surface area (Å²) in [4.78, 5) is 24.4. The summed E-state index contributed by atoms with van der Waals surface area (Å²) < 4.78 is 16.6. The fraction of sp³-hybridized carbons (Fsp3) is 0.700. The predicted molar refractivity (Wildman–Crippen MR) is 87.9 cm³/mol. The van der Waals surface area contributed by atoms with E-state index in [-0.39, 0.29) is 35.7 Å². The van der Waals surface area contributed by atoms with Crippen molar-refractivity contribution in [2.24, 2.45) is 28.6 Å². The average molecular weight is 332 g/mol. The number of alkyl halides is 1. The monoisotopic (exact) mass is 332 g/mol. The van der Waals surface area contributed by atoms with Crippen LogP contribution in [-0.4, -0.2) is 28.4 Å². The van der Waals surface area contributed by atoms with Gasteiger partial charge in [0.15, 0.2) is 11.5 Å². The molecule has 4 aliphatic carbocycles. The van der Waals surface area contributed by atoms with Gasteiger partial charge in [-0.25, -0.2) is 4.39 Å². The van der Waals surface area contributed by atoms with E-state index < -0.39 is 22.6 Å². The smallest absolute Gasteiger partial charge is 0.178 e. The molecule has 3 nitrogen and oxygen atoms in total. The molecule has 24 heavy (non-hydrogen) atoms. The van der Waals surface area contributed by atoms with Crippen molar-refractivity contribution in [3.63, 3.8) is 0 Å². The van der Waals surface area contributed by atoms with Crippen molar-refractivity contribution < 1.29 is 19.1 Å². The lowest BCUT2D eigenvalue weighted by atomic mass is 9.46. The van der Waals surface area contributed by atoms with Gasteiger partial charge >= 0.3 is 0 Å². The summed E-state index contributed by atoms with van der Waals surface area (Å²) >= 11 is 0. The van der Waals surface area contributed by atoms with Crippen molar-refractivity contribution in [1.82, 2.24) is 0 Å². The highest BCUT2D eigenvalue weighted by Gasteiger charge is 2.71. The van der Waals surface area contributed by atoms with E-state index in [4.69, 9.17) is 0 Å². The topological polar surface area (TPSA) is 54.4 Å². The fourth-order valence-electron chi connectivity index (χ4n) is 6.33. The maximum atomic E-state index is 16.6. The van der Waals surface area contributed by atoms with Crippen LogP contribution in [0.3, 0.4) is 0 Å². The van der Waals surface area contributed by atoms with Crippen LogP contribution < -0.4 is 0 Å². The first kappa shape index (κ1) is 16.2. The van der Waals surface area contributed by atoms with Crippen LogP contribution in [0.4, 0.5) is 4.39 Å². The number of fused-ring (bicyclic) bond motifs is 5. The first-order valence-electron chi connectivity index (χ1n) is 9.00. The molecule has 0 heterocycles. The van der Waals surface area contributed by atoms with E-state index in [0.717, 1.165) is 5.57 Å². The van der Waals surface area contributed by atoms with Crippen molar-refractivity contribution in [3.8, 4) is 0 Å². The molecular formula is C20H25FO3.